The second-order valence-electron chi connectivity index (χ2n) is 12.6. The van der Waals surface area contributed by atoms with Gasteiger partial charge in [0, 0.05) is 53.3 Å². The molecule has 3 heterocycles. The van der Waals surface area contributed by atoms with Gasteiger partial charge in [0.1, 0.15) is 0 Å². The van der Waals surface area contributed by atoms with Crippen molar-refractivity contribution < 1.29 is 0 Å². The molecule has 10 aromatic rings. The van der Waals surface area contributed by atoms with E-state index in [1.54, 1.807) is 0 Å². The summed E-state index contributed by atoms with van der Waals surface area (Å²) in [6.45, 7) is 0. The Morgan fingerprint density at radius 2 is 0.940 bits per heavy atom. The smallest absolute Gasteiger partial charge is 0.160 e. The lowest BCUT2D eigenvalue weighted by molar-refractivity contribution is 1.16. The summed E-state index contributed by atoms with van der Waals surface area (Å²) in [6, 6.07) is 62.5. The molecule has 50 heavy (non-hydrogen) atoms. The molecule has 0 N–H and O–H groups in total. The largest absolute Gasteiger partial charge is 0.309 e. The van der Waals surface area contributed by atoms with E-state index in [1.807, 2.05) is 11.3 Å². The maximum atomic E-state index is 5.27. The average Bonchev–Trinajstić information content (AvgIpc) is 3.74. The van der Waals surface area contributed by atoms with E-state index in [4.69, 9.17) is 9.97 Å². The quantitative estimate of drug-likeness (QED) is 0.185. The third kappa shape index (κ3) is 4.80. The van der Waals surface area contributed by atoms with Crippen LogP contribution in [-0.4, -0.2) is 14.5 Å². The zero-order valence-corrected chi connectivity index (χ0v) is 27.8. The van der Waals surface area contributed by atoms with Crippen LogP contribution < -0.4 is 0 Å². The number of benzene rings is 7. The summed E-state index contributed by atoms with van der Waals surface area (Å²) in [5, 5.41) is 5.05. The van der Waals surface area contributed by atoms with Crippen molar-refractivity contribution in [3.05, 3.63) is 176 Å². The number of aromatic nitrogens is 3. The van der Waals surface area contributed by atoms with Crippen LogP contribution in [0.1, 0.15) is 0 Å². The molecular weight excluding hydrogens is 627 g/mol. The number of para-hydroxylation sites is 2. The van der Waals surface area contributed by atoms with Crippen LogP contribution in [0.5, 0.6) is 0 Å². The lowest BCUT2D eigenvalue weighted by Gasteiger charge is -2.13. The third-order valence-electron chi connectivity index (χ3n) is 9.61. The Balaban J connectivity index is 1.16. The number of hydrogen-bond donors (Lipinski definition) is 0. The third-order valence-corrected chi connectivity index (χ3v) is 10.7. The van der Waals surface area contributed by atoms with Crippen molar-refractivity contribution in [3.63, 3.8) is 0 Å². The summed E-state index contributed by atoms with van der Waals surface area (Å²) in [6.07, 6.45) is 0. The van der Waals surface area contributed by atoms with Crippen LogP contribution in [0.3, 0.4) is 0 Å². The summed E-state index contributed by atoms with van der Waals surface area (Å²) in [7, 11) is 0. The predicted octanol–water partition coefficient (Wildman–Crippen LogP) is 12.6. The molecule has 0 unspecified atom stereocenters. The Kier molecular flexibility index (Phi) is 6.68. The molecule has 10 rings (SSSR count). The van der Waals surface area contributed by atoms with Crippen molar-refractivity contribution in [2.45, 2.75) is 0 Å². The number of thiophene rings is 1. The van der Waals surface area contributed by atoms with Crippen LogP contribution in [0.4, 0.5) is 0 Å². The molecule has 3 aromatic heterocycles. The van der Waals surface area contributed by atoms with Crippen LogP contribution in [0, 0.1) is 0 Å². The molecule has 0 saturated carbocycles. The van der Waals surface area contributed by atoms with Gasteiger partial charge >= 0.3 is 0 Å². The number of rotatable bonds is 5. The fourth-order valence-electron chi connectivity index (χ4n) is 7.23. The first-order valence-electron chi connectivity index (χ1n) is 16.8. The zero-order valence-electron chi connectivity index (χ0n) is 27.0. The minimum atomic E-state index is 0.696. The Labute approximate surface area is 293 Å². The normalized spacial score (nSPS) is 11.6. The lowest BCUT2D eigenvalue weighted by Crippen LogP contribution is -1.98. The number of fused-ring (bicyclic) bond motifs is 6. The monoisotopic (exact) mass is 655 g/mol. The topological polar surface area (TPSA) is 30.7 Å². The minimum absolute atomic E-state index is 0.696. The van der Waals surface area contributed by atoms with E-state index < -0.39 is 0 Å². The minimum Gasteiger partial charge on any atom is -0.309 e. The van der Waals surface area contributed by atoms with Crippen molar-refractivity contribution in [2.24, 2.45) is 0 Å². The second kappa shape index (κ2) is 11.7. The first kappa shape index (κ1) is 28.6. The molecule has 0 saturated heterocycles. The van der Waals surface area contributed by atoms with Gasteiger partial charge in [-0.2, -0.15) is 0 Å². The highest BCUT2D eigenvalue weighted by Gasteiger charge is 2.16. The van der Waals surface area contributed by atoms with Gasteiger partial charge in [0.15, 0.2) is 5.82 Å². The van der Waals surface area contributed by atoms with Crippen molar-refractivity contribution >= 4 is 53.3 Å². The fourth-order valence-corrected chi connectivity index (χ4v) is 8.38. The number of nitrogens with zero attached hydrogens (tertiary/aromatic N) is 3. The average molecular weight is 656 g/mol. The first-order valence-corrected chi connectivity index (χ1v) is 17.6. The maximum absolute atomic E-state index is 5.27. The van der Waals surface area contributed by atoms with Crippen LogP contribution in [-0.2, 0) is 0 Å². The molecule has 3 nitrogen and oxygen atoms in total. The summed E-state index contributed by atoms with van der Waals surface area (Å²) in [4.78, 5) is 10.5. The highest BCUT2D eigenvalue weighted by atomic mass is 32.1. The van der Waals surface area contributed by atoms with Gasteiger partial charge in [0.05, 0.1) is 22.4 Å². The molecule has 4 heteroatoms. The molecule has 0 aliphatic rings. The molecule has 0 atom stereocenters. The Hall–Kier alpha value is -6.36. The summed E-state index contributed by atoms with van der Waals surface area (Å²) < 4.78 is 4.89. The summed E-state index contributed by atoms with van der Waals surface area (Å²) in [5.74, 6) is 0.696. The highest BCUT2D eigenvalue weighted by Crippen LogP contribution is 2.38. The molecular formula is C46H29N3S. The first-order chi connectivity index (χ1) is 24.8. The molecule has 0 radical (unpaired) electrons. The Morgan fingerprint density at radius 3 is 1.72 bits per heavy atom. The predicted molar refractivity (Wildman–Crippen MR) is 211 cm³/mol. The van der Waals surface area contributed by atoms with Crippen LogP contribution >= 0.6 is 11.3 Å². The lowest BCUT2D eigenvalue weighted by atomic mass is 10.0. The molecule has 234 valence electrons. The van der Waals surface area contributed by atoms with Gasteiger partial charge in [0.25, 0.3) is 0 Å². The van der Waals surface area contributed by atoms with Gasteiger partial charge in [-0.1, -0.05) is 127 Å². The zero-order chi connectivity index (χ0) is 33.0. The van der Waals surface area contributed by atoms with Crippen molar-refractivity contribution in [1.82, 2.24) is 14.5 Å². The molecule has 0 aliphatic carbocycles. The van der Waals surface area contributed by atoms with Gasteiger partial charge in [-0.25, -0.2) is 9.97 Å². The van der Waals surface area contributed by atoms with Crippen molar-refractivity contribution in [2.75, 3.05) is 0 Å². The van der Waals surface area contributed by atoms with E-state index in [2.05, 4.69) is 180 Å². The van der Waals surface area contributed by atoms with Crippen LogP contribution in [0.2, 0.25) is 0 Å². The van der Waals surface area contributed by atoms with Crippen LogP contribution in [0.15, 0.2) is 176 Å². The maximum Gasteiger partial charge on any atom is 0.160 e. The van der Waals surface area contributed by atoms with E-state index in [9.17, 15) is 0 Å². The highest BCUT2D eigenvalue weighted by molar-refractivity contribution is 7.25. The fraction of sp³-hybridized carbons (Fsp3) is 0. The molecule has 0 bridgehead atoms. The van der Waals surface area contributed by atoms with E-state index in [0.717, 1.165) is 39.3 Å². The van der Waals surface area contributed by atoms with Gasteiger partial charge in [-0.15, -0.1) is 11.3 Å². The van der Waals surface area contributed by atoms with Gasteiger partial charge in [0.2, 0.25) is 0 Å². The summed E-state index contributed by atoms with van der Waals surface area (Å²) >= 11 is 1.83. The van der Waals surface area contributed by atoms with Crippen LogP contribution in [0.25, 0.3) is 92.7 Å². The Bertz CT molecular complexity index is 2830. The van der Waals surface area contributed by atoms with Crippen molar-refractivity contribution in [1.29, 1.82) is 0 Å². The Morgan fingerprint density at radius 1 is 0.360 bits per heavy atom. The summed E-state index contributed by atoms with van der Waals surface area (Å²) in [5.41, 5.74) is 10.7. The molecule has 7 aromatic carbocycles. The molecule has 0 aliphatic heterocycles. The SMILES string of the molecule is c1ccc(-c2cccc(-c3cc(-c4ccc5c(c4)sc4ccccc45)nc(-c4cccc(-n5c6ccccc6c6ccccc65)c4)n3)c2)cc1. The van der Waals surface area contributed by atoms with Gasteiger partial charge < -0.3 is 4.57 Å². The van der Waals surface area contributed by atoms with E-state index in [1.165, 1.54) is 47.5 Å². The molecule has 0 spiro atoms. The molecule has 0 fully saturated rings. The van der Waals surface area contributed by atoms with E-state index in [-0.39, 0.29) is 0 Å². The van der Waals surface area contributed by atoms with Crippen molar-refractivity contribution in [3.8, 4) is 50.7 Å². The second-order valence-corrected chi connectivity index (χ2v) is 13.7. The van der Waals surface area contributed by atoms with E-state index >= 15 is 0 Å². The van der Waals surface area contributed by atoms with Gasteiger partial charge in [-0.3, -0.25) is 0 Å². The number of hydrogen-bond acceptors (Lipinski definition) is 3. The van der Waals surface area contributed by atoms with Gasteiger partial charge in [-0.05, 0) is 59.7 Å². The van der Waals surface area contributed by atoms with E-state index in [0.29, 0.717) is 5.82 Å². The molecule has 0 amide bonds. The standard InChI is InChI=1S/C46H29N3S/c1-2-12-30(13-3-1)31-14-10-15-32(26-31)40-29-41(33-24-25-39-38-20-6-9-23-44(38)50-45(39)28-33)48-46(47-40)34-16-11-17-35(27-34)49-42-21-7-4-18-36(42)37-19-5-8-22-43(37)49/h1-29H.